The minimum absolute atomic E-state index is 0.477. The van der Waals surface area contributed by atoms with Gasteiger partial charge in [-0.25, -0.2) is 0 Å². The summed E-state index contributed by atoms with van der Waals surface area (Å²) in [5, 5.41) is 17.5. The summed E-state index contributed by atoms with van der Waals surface area (Å²) in [7, 11) is 0. The van der Waals surface area contributed by atoms with Gasteiger partial charge in [-0.15, -0.1) is 0 Å². The molecule has 78 valence electrons. The third kappa shape index (κ3) is 1.86. The predicted molar refractivity (Wildman–Crippen MR) is 58.5 cm³/mol. The summed E-state index contributed by atoms with van der Waals surface area (Å²) in [5.41, 5.74) is 1.89. The van der Waals surface area contributed by atoms with Crippen LogP contribution in [0.1, 0.15) is 17.1 Å². The van der Waals surface area contributed by atoms with Crippen LogP contribution >= 0.6 is 12.2 Å². The van der Waals surface area contributed by atoms with Crippen LogP contribution in [0, 0.1) is 18.6 Å². The number of aryl methyl sites for hydroxylation is 2. The van der Waals surface area contributed by atoms with Gasteiger partial charge >= 0.3 is 0 Å². The Morgan fingerprint density at radius 2 is 2.27 bits per heavy atom. The molecule has 0 saturated heterocycles. The molecule has 0 fully saturated rings. The van der Waals surface area contributed by atoms with Gasteiger partial charge in [0.15, 0.2) is 0 Å². The van der Waals surface area contributed by atoms with E-state index in [0.717, 1.165) is 17.1 Å². The van der Waals surface area contributed by atoms with Gasteiger partial charge in [0.1, 0.15) is 5.82 Å². The number of aromatic nitrogens is 5. The quantitative estimate of drug-likeness (QED) is 0.591. The fourth-order valence-electron chi connectivity index (χ4n) is 1.12. The first kappa shape index (κ1) is 9.78. The molecule has 2 heterocycles. The van der Waals surface area contributed by atoms with Crippen LogP contribution in [-0.2, 0) is 0 Å². The van der Waals surface area contributed by atoms with Crippen LogP contribution in [-0.4, -0.2) is 31.3 Å². The first-order valence-corrected chi connectivity index (χ1v) is 4.77. The number of rotatable bonds is 2. The molecule has 0 saturated carbocycles. The monoisotopic (exact) mass is 222 g/mol. The third-order valence-corrected chi connectivity index (χ3v) is 2.26. The molecular weight excluding hydrogens is 212 g/mol. The van der Waals surface area contributed by atoms with Gasteiger partial charge in [0.25, 0.3) is 0 Å². The molecule has 7 heteroatoms. The number of nitrogens with one attached hydrogen (secondary N) is 2. The highest BCUT2D eigenvalue weighted by Crippen LogP contribution is 2.00. The second kappa shape index (κ2) is 3.77. The van der Waals surface area contributed by atoms with Crippen molar-refractivity contribution in [3.8, 4) is 0 Å². The van der Waals surface area contributed by atoms with E-state index in [1.165, 1.54) is 0 Å². The Morgan fingerprint density at radius 1 is 1.47 bits per heavy atom. The molecular formula is C8H10N6S. The van der Waals surface area contributed by atoms with Crippen molar-refractivity contribution in [2.24, 2.45) is 5.10 Å². The van der Waals surface area contributed by atoms with Gasteiger partial charge in [-0.3, -0.25) is 10.2 Å². The number of nitrogens with zero attached hydrogens (tertiary/aromatic N) is 4. The zero-order valence-corrected chi connectivity index (χ0v) is 9.17. The fraction of sp³-hybridized carbons (Fsp3) is 0.250. The Hall–Kier alpha value is -1.76. The van der Waals surface area contributed by atoms with Crippen molar-refractivity contribution in [1.29, 1.82) is 0 Å². The smallest absolute Gasteiger partial charge is 0.216 e. The molecule has 0 unspecified atom stereocenters. The third-order valence-electron chi connectivity index (χ3n) is 1.99. The van der Waals surface area contributed by atoms with Crippen LogP contribution in [0.3, 0.4) is 0 Å². The predicted octanol–water partition coefficient (Wildman–Crippen LogP) is 1.16. The van der Waals surface area contributed by atoms with Crippen LogP contribution in [0.5, 0.6) is 0 Å². The molecule has 2 rings (SSSR count). The summed E-state index contributed by atoms with van der Waals surface area (Å²) in [5.74, 6) is 0.720. The normalized spacial score (nSPS) is 11.3. The van der Waals surface area contributed by atoms with E-state index in [1.807, 2.05) is 13.8 Å². The topological polar surface area (TPSA) is 74.7 Å². The maximum Gasteiger partial charge on any atom is 0.216 e. The first-order valence-electron chi connectivity index (χ1n) is 4.37. The second-order valence-electron chi connectivity index (χ2n) is 3.08. The van der Waals surface area contributed by atoms with Gasteiger partial charge < -0.3 is 0 Å². The highest BCUT2D eigenvalue weighted by Gasteiger charge is 1.99. The highest BCUT2D eigenvalue weighted by atomic mass is 32.1. The maximum absolute atomic E-state index is 5.01. The first-order chi connectivity index (χ1) is 7.18. The molecule has 0 aliphatic carbocycles. The maximum atomic E-state index is 5.01. The summed E-state index contributed by atoms with van der Waals surface area (Å²) in [6.07, 6.45) is 3.40. The van der Waals surface area contributed by atoms with Crippen molar-refractivity contribution in [3.63, 3.8) is 0 Å². The number of hydrogen-bond acceptors (Lipinski definition) is 4. The van der Waals surface area contributed by atoms with E-state index in [9.17, 15) is 0 Å². The Morgan fingerprint density at radius 3 is 2.80 bits per heavy atom. The van der Waals surface area contributed by atoms with Crippen molar-refractivity contribution >= 4 is 18.4 Å². The van der Waals surface area contributed by atoms with Crippen molar-refractivity contribution in [2.75, 3.05) is 0 Å². The van der Waals surface area contributed by atoms with E-state index >= 15 is 0 Å². The van der Waals surface area contributed by atoms with E-state index < -0.39 is 0 Å². The van der Waals surface area contributed by atoms with E-state index in [2.05, 4.69) is 25.5 Å². The van der Waals surface area contributed by atoms with Crippen molar-refractivity contribution in [2.45, 2.75) is 13.8 Å². The molecule has 15 heavy (non-hydrogen) atoms. The lowest BCUT2D eigenvalue weighted by atomic mass is 10.3. The molecule has 0 aliphatic heterocycles. The van der Waals surface area contributed by atoms with Gasteiger partial charge in [0.05, 0.1) is 12.4 Å². The average molecular weight is 222 g/mol. The van der Waals surface area contributed by atoms with E-state index in [4.69, 9.17) is 12.2 Å². The van der Waals surface area contributed by atoms with Crippen LogP contribution in [0.2, 0.25) is 0 Å². The van der Waals surface area contributed by atoms with Gasteiger partial charge in [-0.2, -0.15) is 20.0 Å². The molecule has 0 aromatic carbocycles. The number of H-pyrrole nitrogens is 2. The minimum Gasteiger partial charge on any atom is -0.282 e. The standard InChI is InChI=1S/C8H10N6S/c1-5-7(3-9-11-5)4-10-14-6(2)12-13-8(14)15/h3-4H,1-2H3,(H,9,11)(H,13,15)/b10-4+. The molecule has 0 aliphatic rings. The molecule has 2 aromatic heterocycles. The van der Waals surface area contributed by atoms with Gasteiger partial charge in [0.2, 0.25) is 4.77 Å². The van der Waals surface area contributed by atoms with Gasteiger partial charge in [0, 0.05) is 11.3 Å². The Bertz CT molecular complexity index is 545. The lowest BCUT2D eigenvalue weighted by Crippen LogP contribution is -1.93. The zero-order valence-electron chi connectivity index (χ0n) is 8.35. The summed E-state index contributed by atoms with van der Waals surface area (Å²) >= 11 is 5.01. The summed E-state index contributed by atoms with van der Waals surface area (Å²) in [6, 6.07) is 0. The lowest BCUT2D eigenvalue weighted by Gasteiger charge is -1.93. The molecule has 0 radical (unpaired) electrons. The molecule has 0 amide bonds. The van der Waals surface area contributed by atoms with Crippen molar-refractivity contribution in [3.05, 3.63) is 28.0 Å². The van der Waals surface area contributed by atoms with Crippen LogP contribution < -0.4 is 0 Å². The molecule has 6 nitrogen and oxygen atoms in total. The molecule has 0 bridgehead atoms. The zero-order chi connectivity index (χ0) is 10.8. The highest BCUT2D eigenvalue weighted by molar-refractivity contribution is 7.71. The largest absolute Gasteiger partial charge is 0.282 e. The number of aromatic amines is 2. The van der Waals surface area contributed by atoms with Crippen molar-refractivity contribution < 1.29 is 0 Å². The van der Waals surface area contributed by atoms with Crippen LogP contribution in [0.25, 0.3) is 0 Å². The second-order valence-corrected chi connectivity index (χ2v) is 3.47. The molecule has 2 N–H and O–H groups in total. The van der Waals surface area contributed by atoms with Crippen LogP contribution in [0.15, 0.2) is 11.3 Å². The van der Waals surface area contributed by atoms with E-state index in [-0.39, 0.29) is 0 Å². The number of hydrogen-bond donors (Lipinski definition) is 2. The van der Waals surface area contributed by atoms with E-state index in [1.54, 1.807) is 17.1 Å². The SMILES string of the molecule is Cc1[nH]ncc1/C=N/n1c(C)n[nH]c1=S. The van der Waals surface area contributed by atoms with Crippen molar-refractivity contribution in [1.82, 2.24) is 25.1 Å². The Kier molecular flexibility index (Phi) is 2.46. The molecule has 0 spiro atoms. The molecule has 0 atom stereocenters. The van der Waals surface area contributed by atoms with Gasteiger partial charge in [-0.05, 0) is 26.1 Å². The van der Waals surface area contributed by atoms with Gasteiger partial charge in [-0.1, -0.05) is 0 Å². The molecule has 2 aromatic rings. The Balaban J connectivity index is 2.34. The minimum atomic E-state index is 0.477. The van der Waals surface area contributed by atoms with E-state index in [0.29, 0.717) is 4.77 Å². The average Bonchev–Trinajstić information content (AvgIpc) is 2.73. The fourth-order valence-corrected chi connectivity index (χ4v) is 1.34. The Labute approximate surface area is 91.0 Å². The summed E-state index contributed by atoms with van der Waals surface area (Å²) in [4.78, 5) is 0. The summed E-state index contributed by atoms with van der Waals surface area (Å²) < 4.78 is 2.03. The summed E-state index contributed by atoms with van der Waals surface area (Å²) in [6.45, 7) is 3.75. The van der Waals surface area contributed by atoms with Crippen LogP contribution in [0.4, 0.5) is 0 Å². The lowest BCUT2D eigenvalue weighted by molar-refractivity contribution is 0.820.